The first-order valence-corrected chi connectivity index (χ1v) is 4.80. The fraction of sp³-hybridized carbons (Fsp3) is 0.143. The molecule has 5 nitrogen and oxygen atoms in total. The average Bonchev–Trinajstić information content (AvgIpc) is 2.03. The zero-order valence-corrected chi connectivity index (χ0v) is 10.2. The van der Waals surface area contributed by atoms with Gasteiger partial charge in [-0.2, -0.15) is 0 Å². The maximum absolute atomic E-state index is 10.3. The van der Waals surface area contributed by atoms with Crippen molar-refractivity contribution in [1.29, 1.82) is 0 Å². The molecule has 14 heavy (non-hydrogen) atoms. The molecule has 0 aliphatic heterocycles. The van der Waals surface area contributed by atoms with Crippen LogP contribution >= 0.6 is 0 Å². The van der Waals surface area contributed by atoms with Crippen molar-refractivity contribution in [3.8, 4) is 5.75 Å². The van der Waals surface area contributed by atoms with Gasteiger partial charge in [0.1, 0.15) is 15.9 Å². The molecule has 0 fully saturated rings. The van der Waals surface area contributed by atoms with Crippen LogP contribution in [0, 0.1) is 0 Å². The summed E-state index contributed by atoms with van der Waals surface area (Å²) in [5.74, 6) is -0.0701. The van der Waals surface area contributed by atoms with Crippen molar-refractivity contribution < 1.29 is 52.7 Å². The SMILES string of the molecule is O=S(=O)([O-])C(O)c1ccc(O)cc1.[Na+]. The van der Waals surface area contributed by atoms with E-state index in [2.05, 4.69) is 0 Å². The Morgan fingerprint density at radius 3 is 2.00 bits per heavy atom. The van der Waals surface area contributed by atoms with Gasteiger partial charge in [-0.05, 0) is 17.7 Å². The third kappa shape index (κ3) is 3.56. The van der Waals surface area contributed by atoms with Crippen molar-refractivity contribution in [2.45, 2.75) is 5.44 Å². The quantitative estimate of drug-likeness (QED) is 0.412. The van der Waals surface area contributed by atoms with Gasteiger partial charge >= 0.3 is 29.6 Å². The Balaban J connectivity index is 0.00000169. The van der Waals surface area contributed by atoms with Crippen molar-refractivity contribution in [3.63, 3.8) is 0 Å². The topological polar surface area (TPSA) is 97.7 Å². The Hall–Kier alpha value is -0.110. The second kappa shape index (κ2) is 5.11. The standard InChI is InChI=1S/C7H8O5S.Na/c8-6-3-1-5(2-4-6)7(9)13(10,11)12;/h1-4,7-9H,(H,10,11,12);/q;+1/p-1. The zero-order chi connectivity index (χ0) is 10.1. The van der Waals surface area contributed by atoms with Crippen LogP contribution in [0.5, 0.6) is 5.75 Å². The van der Waals surface area contributed by atoms with Gasteiger partial charge in [0.25, 0.3) is 0 Å². The summed E-state index contributed by atoms with van der Waals surface area (Å²) >= 11 is 0. The molecule has 7 heteroatoms. The molecule has 1 rings (SSSR count). The first kappa shape index (κ1) is 13.9. The van der Waals surface area contributed by atoms with E-state index in [0.29, 0.717) is 0 Å². The molecule has 0 bridgehead atoms. The van der Waals surface area contributed by atoms with Gasteiger partial charge in [-0.25, -0.2) is 8.42 Å². The van der Waals surface area contributed by atoms with Crippen molar-refractivity contribution in [2.75, 3.05) is 0 Å². The summed E-state index contributed by atoms with van der Waals surface area (Å²) < 4.78 is 31.0. The third-order valence-corrected chi connectivity index (χ3v) is 2.27. The van der Waals surface area contributed by atoms with Crippen LogP contribution in [0.15, 0.2) is 24.3 Å². The van der Waals surface area contributed by atoms with E-state index in [-0.39, 0.29) is 40.9 Å². The number of benzene rings is 1. The monoisotopic (exact) mass is 226 g/mol. The minimum atomic E-state index is -4.74. The molecule has 1 unspecified atom stereocenters. The fourth-order valence-corrected chi connectivity index (χ4v) is 1.30. The Bertz CT molecular complexity index is 385. The number of hydrogen-bond donors (Lipinski definition) is 2. The molecule has 0 saturated heterocycles. The molecule has 0 aliphatic carbocycles. The molecule has 0 aromatic heterocycles. The zero-order valence-electron chi connectivity index (χ0n) is 7.41. The van der Waals surface area contributed by atoms with Crippen molar-refractivity contribution >= 4 is 10.1 Å². The Labute approximate surface area is 103 Å². The van der Waals surface area contributed by atoms with Gasteiger partial charge in [0.15, 0.2) is 5.44 Å². The van der Waals surface area contributed by atoms with E-state index in [1.54, 1.807) is 0 Å². The number of phenolic OH excluding ortho intramolecular Hbond substituents is 1. The smallest absolute Gasteiger partial charge is 0.746 e. The van der Waals surface area contributed by atoms with Gasteiger partial charge in [-0.15, -0.1) is 0 Å². The summed E-state index contributed by atoms with van der Waals surface area (Å²) in [6.45, 7) is 0. The molecule has 1 atom stereocenters. The van der Waals surface area contributed by atoms with Crippen LogP contribution in [0.1, 0.15) is 11.0 Å². The number of rotatable bonds is 2. The van der Waals surface area contributed by atoms with Crippen LogP contribution in [-0.4, -0.2) is 23.2 Å². The van der Waals surface area contributed by atoms with Gasteiger partial charge in [-0.3, -0.25) is 0 Å². The predicted molar refractivity (Wildman–Crippen MR) is 42.8 cm³/mol. The number of aliphatic hydroxyl groups excluding tert-OH is 1. The van der Waals surface area contributed by atoms with Crippen LogP contribution in [0.2, 0.25) is 0 Å². The van der Waals surface area contributed by atoms with E-state index in [4.69, 9.17) is 10.2 Å². The summed E-state index contributed by atoms with van der Waals surface area (Å²) in [4.78, 5) is 0. The fourth-order valence-electron chi connectivity index (χ4n) is 0.806. The van der Waals surface area contributed by atoms with Gasteiger partial charge < -0.3 is 14.8 Å². The average molecular weight is 226 g/mol. The van der Waals surface area contributed by atoms with E-state index in [1.807, 2.05) is 0 Å². The van der Waals surface area contributed by atoms with Crippen molar-refractivity contribution in [2.24, 2.45) is 0 Å². The van der Waals surface area contributed by atoms with Crippen LogP contribution in [0.25, 0.3) is 0 Å². The van der Waals surface area contributed by atoms with E-state index in [9.17, 15) is 13.0 Å². The van der Waals surface area contributed by atoms with Crippen molar-refractivity contribution in [3.05, 3.63) is 29.8 Å². The Morgan fingerprint density at radius 2 is 1.64 bits per heavy atom. The van der Waals surface area contributed by atoms with Crippen LogP contribution in [-0.2, 0) is 10.1 Å². The van der Waals surface area contributed by atoms with Crippen LogP contribution < -0.4 is 29.6 Å². The van der Waals surface area contributed by atoms with Crippen molar-refractivity contribution in [1.82, 2.24) is 0 Å². The van der Waals surface area contributed by atoms with Crippen LogP contribution in [0.4, 0.5) is 0 Å². The van der Waals surface area contributed by atoms with Gasteiger partial charge in [0.05, 0.1) is 0 Å². The maximum atomic E-state index is 10.3. The van der Waals surface area contributed by atoms with E-state index in [1.165, 1.54) is 12.1 Å². The molecular formula is C7H7NaO5S. The Morgan fingerprint density at radius 1 is 1.21 bits per heavy atom. The summed E-state index contributed by atoms with van der Waals surface area (Å²) in [7, 11) is -4.74. The number of hydrogen-bond acceptors (Lipinski definition) is 5. The summed E-state index contributed by atoms with van der Waals surface area (Å²) in [5, 5.41) is 17.8. The first-order valence-electron chi connectivity index (χ1n) is 3.33. The largest absolute Gasteiger partial charge is 1.00 e. The minimum Gasteiger partial charge on any atom is -0.746 e. The predicted octanol–water partition coefficient (Wildman–Crippen LogP) is -3.07. The molecule has 0 spiro atoms. The van der Waals surface area contributed by atoms with E-state index >= 15 is 0 Å². The maximum Gasteiger partial charge on any atom is 1.00 e. The minimum absolute atomic E-state index is 0. The number of aromatic hydroxyl groups is 1. The van der Waals surface area contributed by atoms with E-state index in [0.717, 1.165) is 12.1 Å². The van der Waals surface area contributed by atoms with E-state index < -0.39 is 15.6 Å². The first-order chi connectivity index (χ1) is 5.91. The molecule has 0 heterocycles. The molecule has 0 amide bonds. The Kier molecular flexibility index (Phi) is 5.07. The molecule has 0 saturated carbocycles. The van der Waals surface area contributed by atoms with Gasteiger partial charge in [0, 0.05) is 0 Å². The molecule has 1 aromatic rings. The number of aliphatic hydroxyl groups is 1. The van der Waals surface area contributed by atoms with Gasteiger partial charge in [0.2, 0.25) is 0 Å². The molecular weight excluding hydrogens is 219 g/mol. The van der Waals surface area contributed by atoms with Crippen LogP contribution in [0.3, 0.4) is 0 Å². The normalized spacial score (nSPS) is 13.0. The molecule has 0 radical (unpaired) electrons. The second-order valence-electron chi connectivity index (χ2n) is 2.44. The molecule has 0 aliphatic rings. The molecule has 1 aromatic carbocycles. The summed E-state index contributed by atoms with van der Waals surface area (Å²) in [5.41, 5.74) is -2.14. The second-order valence-corrected chi connectivity index (χ2v) is 3.87. The molecule has 72 valence electrons. The number of phenols is 1. The summed E-state index contributed by atoms with van der Waals surface area (Å²) in [6, 6.07) is 4.69. The van der Waals surface area contributed by atoms with Gasteiger partial charge in [-0.1, -0.05) is 12.1 Å². The summed E-state index contributed by atoms with van der Waals surface area (Å²) in [6.07, 6.45) is 0. The molecule has 2 N–H and O–H groups in total. The third-order valence-electron chi connectivity index (χ3n) is 1.45.